The third-order valence-corrected chi connectivity index (χ3v) is 2.21. The highest BCUT2D eigenvalue weighted by molar-refractivity contribution is 6.34. The van der Waals surface area contributed by atoms with E-state index in [0.717, 1.165) is 0 Å². The van der Waals surface area contributed by atoms with E-state index in [4.69, 9.17) is 11.6 Å². The average molecular weight is 225 g/mol. The molecule has 0 aliphatic carbocycles. The summed E-state index contributed by atoms with van der Waals surface area (Å²) in [5.41, 5.74) is -0.0305. The van der Waals surface area contributed by atoms with Gasteiger partial charge in [-0.05, 0) is 19.1 Å². The largest absolute Gasteiger partial charge is 0.294 e. The van der Waals surface area contributed by atoms with Gasteiger partial charge in [-0.1, -0.05) is 17.7 Å². The Labute approximate surface area is 93.3 Å². The third-order valence-electron chi connectivity index (χ3n) is 1.90. The van der Waals surface area contributed by atoms with Crippen molar-refractivity contribution in [3.63, 3.8) is 0 Å². The van der Waals surface area contributed by atoms with Gasteiger partial charge in [0.15, 0.2) is 5.78 Å². The van der Waals surface area contributed by atoms with Gasteiger partial charge in [0, 0.05) is 12.8 Å². The number of benzene rings is 1. The Morgan fingerprint density at radius 3 is 2.87 bits per heavy atom. The Balaban J connectivity index is 2.85. The summed E-state index contributed by atoms with van der Waals surface area (Å²) < 4.78 is 13.3. The zero-order valence-electron chi connectivity index (χ0n) is 8.31. The van der Waals surface area contributed by atoms with Gasteiger partial charge in [-0.25, -0.2) is 4.39 Å². The second-order valence-corrected chi connectivity index (χ2v) is 3.35. The van der Waals surface area contributed by atoms with Crippen LogP contribution in [0.5, 0.6) is 0 Å². The Bertz CT molecular complexity index is 409. The summed E-state index contributed by atoms with van der Waals surface area (Å²) in [5.74, 6) is 4.55. The summed E-state index contributed by atoms with van der Waals surface area (Å²) in [4.78, 5) is 11.6. The van der Waals surface area contributed by atoms with Crippen LogP contribution in [0.25, 0.3) is 0 Å². The van der Waals surface area contributed by atoms with Gasteiger partial charge < -0.3 is 0 Å². The first kappa shape index (κ1) is 11.7. The molecule has 3 heteroatoms. The van der Waals surface area contributed by atoms with E-state index in [1.807, 2.05) is 0 Å². The fourth-order valence-corrected chi connectivity index (χ4v) is 1.46. The molecule has 0 saturated carbocycles. The summed E-state index contributed by atoms with van der Waals surface area (Å²) in [6.07, 6.45) is 0.626. The van der Waals surface area contributed by atoms with Crippen LogP contribution in [-0.4, -0.2) is 5.78 Å². The molecular formula is C12H10ClFO. The number of Topliss-reactive ketones (excluding diaryl/α,β-unsaturated/α-hetero) is 1. The Morgan fingerprint density at radius 2 is 2.27 bits per heavy atom. The van der Waals surface area contributed by atoms with Crippen LogP contribution in [0, 0.1) is 17.7 Å². The third kappa shape index (κ3) is 3.07. The summed E-state index contributed by atoms with van der Waals surface area (Å²) in [6.45, 7) is 1.69. The van der Waals surface area contributed by atoms with Crippen LogP contribution >= 0.6 is 11.6 Å². The van der Waals surface area contributed by atoms with Crippen LogP contribution in [0.15, 0.2) is 18.2 Å². The maximum atomic E-state index is 13.3. The molecule has 15 heavy (non-hydrogen) atoms. The van der Waals surface area contributed by atoms with Crippen molar-refractivity contribution in [1.82, 2.24) is 0 Å². The molecular weight excluding hydrogens is 215 g/mol. The molecule has 0 bridgehead atoms. The van der Waals surface area contributed by atoms with Crippen molar-refractivity contribution in [2.24, 2.45) is 0 Å². The molecule has 0 saturated heterocycles. The lowest BCUT2D eigenvalue weighted by molar-refractivity contribution is 0.0980. The van der Waals surface area contributed by atoms with Gasteiger partial charge in [0.2, 0.25) is 0 Å². The highest BCUT2D eigenvalue weighted by Gasteiger charge is 2.14. The van der Waals surface area contributed by atoms with Gasteiger partial charge in [-0.15, -0.1) is 11.8 Å². The summed E-state index contributed by atoms with van der Waals surface area (Å²) in [5, 5.41) is 0.157. The molecule has 0 heterocycles. The lowest BCUT2D eigenvalue weighted by atomic mass is 10.1. The molecule has 0 spiro atoms. The highest BCUT2D eigenvalue weighted by Crippen LogP contribution is 2.20. The monoisotopic (exact) mass is 224 g/mol. The fraction of sp³-hybridized carbons (Fsp3) is 0.250. The minimum absolute atomic E-state index is 0.0305. The summed E-state index contributed by atoms with van der Waals surface area (Å²) >= 11 is 5.74. The van der Waals surface area contributed by atoms with E-state index in [2.05, 4.69) is 11.8 Å². The molecule has 78 valence electrons. The first-order valence-corrected chi connectivity index (χ1v) is 4.91. The van der Waals surface area contributed by atoms with Gasteiger partial charge in [-0.3, -0.25) is 4.79 Å². The number of hydrogen-bond donors (Lipinski definition) is 0. The molecule has 0 N–H and O–H groups in total. The zero-order chi connectivity index (χ0) is 11.3. The molecule has 1 nitrogen and oxygen atoms in total. The predicted octanol–water partition coefficient (Wildman–Crippen LogP) is 3.47. The van der Waals surface area contributed by atoms with E-state index in [9.17, 15) is 9.18 Å². The first-order chi connectivity index (χ1) is 7.16. The van der Waals surface area contributed by atoms with Crippen LogP contribution in [0.2, 0.25) is 5.02 Å². The van der Waals surface area contributed by atoms with Crippen LogP contribution in [-0.2, 0) is 0 Å². The topological polar surface area (TPSA) is 17.1 Å². The molecule has 0 atom stereocenters. The van der Waals surface area contributed by atoms with Gasteiger partial charge in [-0.2, -0.15) is 0 Å². The number of hydrogen-bond acceptors (Lipinski definition) is 1. The number of carbonyl (C=O) groups excluding carboxylic acids is 1. The molecule has 0 unspecified atom stereocenters. The smallest absolute Gasteiger partial charge is 0.168 e. The lowest BCUT2D eigenvalue weighted by Gasteiger charge is -2.02. The van der Waals surface area contributed by atoms with Crippen LogP contribution in [0.1, 0.15) is 30.1 Å². The molecule has 1 aromatic carbocycles. The van der Waals surface area contributed by atoms with E-state index in [-0.39, 0.29) is 22.8 Å². The van der Waals surface area contributed by atoms with Crippen molar-refractivity contribution in [2.45, 2.75) is 19.8 Å². The van der Waals surface area contributed by atoms with Crippen LogP contribution in [0.4, 0.5) is 4.39 Å². The SMILES string of the molecule is CC#CCCC(=O)c1c(F)cccc1Cl. The second-order valence-electron chi connectivity index (χ2n) is 2.95. The minimum atomic E-state index is -0.572. The Hall–Kier alpha value is -1.33. The fourth-order valence-electron chi connectivity index (χ4n) is 1.19. The van der Waals surface area contributed by atoms with Crippen LogP contribution < -0.4 is 0 Å². The number of carbonyl (C=O) groups is 1. The first-order valence-electron chi connectivity index (χ1n) is 4.53. The molecule has 0 aliphatic heterocycles. The molecule has 1 rings (SSSR count). The second kappa shape index (κ2) is 5.53. The van der Waals surface area contributed by atoms with E-state index >= 15 is 0 Å². The van der Waals surface area contributed by atoms with Gasteiger partial charge >= 0.3 is 0 Å². The quantitative estimate of drug-likeness (QED) is 0.568. The van der Waals surface area contributed by atoms with Crippen molar-refractivity contribution in [3.05, 3.63) is 34.6 Å². The molecule has 0 aliphatic rings. The van der Waals surface area contributed by atoms with Crippen molar-refractivity contribution in [3.8, 4) is 11.8 Å². The van der Waals surface area contributed by atoms with Crippen molar-refractivity contribution >= 4 is 17.4 Å². The Morgan fingerprint density at radius 1 is 1.53 bits per heavy atom. The number of ketones is 1. The molecule has 0 aromatic heterocycles. The lowest BCUT2D eigenvalue weighted by Crippen LogP contribution is -2.02. The van der Waals surface area contributed by atoms with E-state index < -0.39 is 5.82 Å². The standard InChI is InChI=1S/C12H10ClFO/c1-2-3-4-8-11(15)12-9(13)6-5-7-10(12)14/h5-7H,4,8H2,1H3. The zero-order valence-corrected chi connectivity index (χ0v) is 9.07. The van der Waals surface area contributed by atoms with E-state index in [1.165, 1.54) is 18.2 Å². The molecule has 1 aromatic rings. The highest BCUT2D eigenvalue weighted by atomic mass is 35.5. The maximum absolute atomic E-state index is 13.3. The van der Waals surface area contributed by atoms with Gasteiger partial charge in [0.05, 0.1) is 10.6 Å². The van der Waals surface area contributed by atoms with E-state index in [0.29, 0.717) is 6.42 Å². The number of rotatable bonds is 3. The van der Waals surface area contributed by atoms with Gasteiger partial charge in [0.1, 0.15) is 5.82 Å². The van der Waals surface area contributed by atoms with Crippen molar-refractivity contribution < 1.29 is 9.18 Å². The number of halogens is 2. The van der Waals surface area contributed by atoms with Gasteiger partial charge in [0.25, 0.3) is 0 Å². The summed E-state index contributed by atoms with van der Waals surface area (Å²) in [6, 6.07) is 4.20. The van der Waals surface area contributed by atoms with Crippen molar-refractivity contribution in [1.29, 1.82) is 0 Å². The Kier molecular flexibility index (Phi) is 4.33. The van der Waals surface area contributed by atoms with Crippen molar-refractivity contribution in [2.75, 3.05) is 0 Å². The van der Waals surface area contributed by atoms with E-state index in [1.54, 1.807) is 6.92 Å². The molecule has 0 fully saturated rings. The molecule has 0 radical (unpaired) electrons. The summed E-state index contributed by atoms with van der Waals surface area (Å²) in [7, 11) is 0. The minimum Gasteiger partial charge on any atom is -0.294 e. The van der Waals surface area contributed by atoms with Crippen LogP contribution in [0.3, 0.4) is 0 Å². The predicted molar refractivity (Wildman–Crippen MR) is 58.4 cm³/mol. The maximum Gasteiger partial charge on any atom is 0.168 e. The molecule has 0 amide bonds. The normalized spacial score (nSPS) is 9.27. The average Bonchev–Trinajstić information content (AvgIpc) is 2.18.